The first-order valence-corrected chi connectivity index (χ1v) is 8.12. The van der Waals surface area contributed by atoms with E-state index in [1.165, 1.54) is 12.1 Å². The topological polar surface area (TPSA) is 85.1 Å². The molecular weight excluding hydrogens is 330 g/mol. The highest BCUT2D eigenvalue weighted by Crippen LogP contribution is 2.21. The van der Waals surface area contributed by atoms with Gasteiger partial charge in [0, 0.05) is 36.6 Å². The summed E-state index contributed by atoms with van der Waals surface area (Å²) < 4.78 is 0. The number of hydrogen-bond acceptors (Lipinski definition) is 4. The fourth-order valence-electron chi connectivity index (χ4n) is 2.64. The van der Waals surface area contributed by atoms with Crippen LogP contribution in [-0.4, -0.2) is 15.8 Å². The Labute approximate surface area is 150 Å². The van der Waals surface area contributed by atoms with Crippen LogP contribution in [0, 0.1) is 10.1 Å². The number of rotatable bonds is 6. The van der Waals surface area contributed by atoms with Gasteiger partial charge in [-0.2, -0.15) is 0 Å². The summed E-state index contributed by atoms with van der Waals surface area (Å²) in [5.41, 5.74) is 2.88. The summed E-state index contributed by atoms with van der Waals surface area (Å²) in [4.78, 5) is 27.2. The lowest BCUT2D eigenvalue weighted by atomic mass is 9.99. The van der Waals surface area contributed by atoms with E-state index < -0.39 is 4.92 Å². The highest BCUT2D eigenvalue weighted by Gasteiger charge is 2.17. The Morgan fingerprint density at radius 3 is 2.42 bits per heavy atom. The lowest BCUT2D eigenvalue weighted by Crippen LogP contribution is -2.24. The molecule has 0 unspecified atom stereocenters. The second kappa shape index (κ2) is 8.02. The van der Waals surface area contributed by atoms with E-state index >= 15 is 0 Å². The molecule has 0 saturated heterocycles. The second-order valence-corrected chi connectivity index (χ2v) is 5.80. The molecule has 0 spiro atoms. The third-order valence-electron chi connectivity index (χ3n) is 3.99. The van der Waals surface area contributed by atoms with Gasteiger partial charge in [-0.1, -0.05) is 36.4 Å². The number of carbonyl (C=O) groups is 1. The van der Waals surface area contributed by atoms with Crippen LogP contribution in [0.2, 0.25) is 0 Å². The number of nitrogens with zero attached hydrogens (tertiary/aromatic N) is 2. The molecule has 26 heavy (non-hydrogen) atoms. The summed E-state index contributed by atoms with van der Waals surface area (Å²) in [5.74, 6) is -0.332. The van der Waals surface area contributed by atoms with Crippen LogP contribution in [0.15, 0.2) is 73.1 Å². The van der Waals surface area contributed by atoms with Crippen molar-refractivity contribution in [2.75, 3.05) is 0 Å². The quantitative estimate of drug-likeness (QED) is 0.546. The maximum absolute atomic E-state index is 12.7. The van der Waals surface area contributed by atoms with Gasteiger partial charge in [0.1, 0.15) is 0 Å². The Bertz CT molecular complexity index is 912. The van der Waals surface area contributed by atoms with E-state index in [1.807, 2.05) is 42.5 Å². The van der Waals surface area contributed by atoms with Gasteiger partial charge < -0.3 is 5.32 Å². The summed E-state index contributed by atoms with van der Waals surface area (Å²) >= 11 is 0. The first kappa shape index (κ1) is 17.3. The van der Waals surface area contributed by atoms with Crippen molar-refractivity contribution in [3.63, 3.8) is 0 Å². The SMILES string of the molecule is O=C(NCc1ccccc1)c1cc([N+](=O)[O-])ccc1Cc1ccncc1. The van der Waals surface area contributed by atoms with Crippen molar-refractivity contribution >= 4 is 11.6 Å². The van der Waals surface area contributed by atoms with Crippen LogP contribution in [0.3, 0.4) is 0 Å². The average molecular weight is 347 g/mol. The molecule has 6 heteroatoms. The normalized spacial score (nSPS) is 10.3. The minimum Gasteiger partial charge on any atom is -0.348 e. The van der Waals surface area contributed by atoms with E-state index in [0.717, 1.165) is 16.7 Å². The number of nitro benzene ring substituents is 1. The molecule has 0 aliphatic rings. The summed E-state index contributed by atoms with van der Waals surface area (Å²) in [6.45, 7) is 0.358. The van der Waals surface area contributed by atoms with Crippen LogP contribution < -0.4 is 5.32 Å². The van der Waals surface area contributed by atoms with Gasteiger partial charge in [-0.15, -0.1) is 0 Å². The second-order valence-electron chi connectivity index (χ2n) is 5.80. The van der Waals surface area contributed by atoms with Gasteiger partial charge in [0.25, 0.3) is 11.6 Å². The zero-order valence-corrected chi connectivity index (χ0v) is 14.0. The average Bonchev–Trinajstić information content (AvgIpc) is 2.68. The molecule has 6 nitrogen and oxygen atoms in total. The minimum atomic E-state index is -0.496. The number of non-ortho nitro benzene ring substituents is 1. The van der Waals surface area contributed by atoms with Gasteiger partial charge in [0.15, 0.2) is 0 Å². The summed E-state index contributed by atoms with van der Waals surface area (Å²) in [5, 5.41) is 13.9. The van der Waals surface area contributed by atoms with Crippen molar-refractivity contribution < 1.29 is 9.72 Å². The first-order valence-electron chi connectivity index (χ1n) is 8.12. The smallest absolute Gasteiger partial charge is 0.270 e. The Balaban J connectivity index is 1.85. The lowest BCUT2D eigenvalue weighted by molar-refractivity contribution is -0.384. The Morgan fingerprint density at radius 2 is 1.73 bits per heavy atom. The van der Waals surface area contributed by atoms with Crippen LogP contribution in [-0.2, 0) is 13.0 Å². The largest absolute Gasteiger partial charge is 0.348 e. The van der Waals surface area contributed by atoms with Crippen LogP contribution in [0.5, 0.6) is 0 Å². The molecule has 1 N–H and O–H groups in total. The predicted molar refractivity (Wildman–Crippen MR) is 97.8 cm³/mol. The molecule has 0 radical (unpaired) electrons. The molecule has 0 fully saturated rings. The van der Waals surface area contributed by atoms with E-state index in [0.29, 0.717) is 18.5 Å². The fourth-order valence-corrected chi connectivity index (χ4v) is 2.64. The third-order valence-corrected chi connectivity index (χ3v) is 3.99. The number of hydrogen-bond donors (Lipinski definition) is 1. The van der Waals surface area contributed by atoms with Crippen LogP contribution in [0.25, 0.3) is 0 Å². The molecule has 3 rings (SSSR count). The summed E-state index contributed by atoms with van der Waals surface area (Å²) in [7, 11) is 0. The van der Waals surface area contributed by atoms with Crippen molar-refractivity contribution in [3.8, 4) is 0 Å². The first-order chi connectivity index (χ1) is 12.6. The molecule has 3 aromatic rings. The number of nitrogens with one attached hydrogen (secondary N) is 1. The van der Waals surface area contributed by atoms with E-state index in [-0.39, 0.29) is 11.6 Å². The Hall–Kier alpha value is -3.54. The van der Waals surface area contributed by atoms with Crippen molar-refractivity contribution in [2.45, 2.75) is 13.0 Å². The zero-order chi connectivity index (χ0) is 18.4. The Morgan fingerprint density at radius 1 is 1.00 bits per heavy atom. The van der Waals surface area contributed by atoms with E-state index in [2.05, 4.69) is 10.3 Å². The fraction of sp³-hybridized carbons (Fsp3) is 0.100. The van der Waals surface area contributed by atoms with E-state index in [1.54, 1.807) is 18.5 Å². The highest BCUT2D eigenvalue weighted by atomic mass is 16.6. The van der Waals surface area contributed by atoms with Gasteiger partial charge in [0.05, 0.1) is 4.92 Å². The number of pyridine rings is 1. The zero-order valence-electron chi connectivity index (χ0n) is 14.0. The molecule has 0 saturated carbocycles. The van der Waals surface area contributed by atoms with Crippen LogP contribution in [0.1, 0.15) is 27.0 Å². The Kier molecular flexibility index (Phi) is 5.34. The van der Waals surface area contributed by atoms with Gasteiger partial charge in [-0.25, -0.2) is 0 Å². The molecule has 1 heterocycles. The molecule has 130 valence electrons. The third kappa shape index (κ3) is 4.30. The maximum atomic E-state index is 12.7. The molecule has 0 aliphatic carbocycles. The number of benzene rings is 2. The van der Waals surface area contributed by atoms with E-state index in [9.17, 15) is 14.9 Å². The van der Waals surface area contributed by atoms with Crippen molar-refractivity contribution in [2.24, 2.45) is 0 Å². The number of aromatic nitrogens is 1. The molecule has 1 aromatic heterocycles. The van der Waals surface area contributed by atoms with Gasteiger partial charge in [-0.3, -0.25) is 19.9 Å². The van der Waals surface area contributed by atoms with Gasteiger partial charge in [0.2, 0.25) is 0 Å². The molecule has 1 amide bonds. The van der Waals surface area contributed by atoms with Gasteiger partial charge >= 0.3 is 0 Å². The molecule has 0 atom stereocenters. The minimum absolute atomic E-state index is 0.103. The summed E-state index contributed by atoms with van der Waals surface area (Å²) in [6, 6.07) is 17.6. The number of nitro groups is 1. The summed E-state index contributed by atoms with van der Waals surface area (Å²) in [6.07, 6.45) is 3.85. The monoisotopic (exact) mass is 347 g/mol. The molecule has 0 aliphatic heterocycles. The van der Waals surface area contributed by atoms with Crippen LogP contribution >= 0.6 is 0 Å². The van der Waals surface area contributed by atoms with Crippen molar-refractivity contribution in [1.82, 2.24) is 10.3 Å². The highest BCUT2D eigenvalue weighted by molar-refractivity contribution is 5.96. The van der Waals surface area contributed by atoms with Crippen LogP contribution in [0.4, 0.5) is 5.69 Å². The van der Waals surface area contributed by atoms with E-state index in [4.69, 9.17) is 0 Å². The maximum Gasteiger partial charge on any atom is 0.270 e. The molecular formula is C20H17N3O3. The number of amides is 1. The van der Waals surface area contributed by atoms with Crippen molar-refractivity contribution in [1.29, 1.82) is 0 Å². The van der Waals surface area contributed by atoms with Crippen molar-refractivity contribution in [3.05, 3.63) is 105 Å². The number of carbonyl (C=O) groups excluding carboxylic acids is 1. The van der Waals surface area contributed by atoms with Gasteiger partial charge in [-0.05, 0) is 35.2 Å². The lowest BCUT2D eigenvalue weighted by Gasteiger charge is -2.11. The standard InChI is InChI=1S/C20H17N3O3/c24-20(22-14-16-4-2-1-3-5-16)19-13-18(23(25)26)7-6-17(19)12-15-8-10-21-11-9-15/h1-11,13H,12,14H2,(H,22,24). The predicted octanol–water partition coefficient (Wildman–Crippen LogP) is 3.51. The molecule has 2 aromatic carbocycles. The molecule has 0 bridgehead atoms.